The van der Waals surface area contributed by atoms with E-state index in [1.807, 2.05) is 36.4 Å². The molecule has 0 amide bonds. The monoisotopic (exact) mass is 324 g/mol. The van der Waals surface area contributed by atoms with Gasteiger partial charge in [-0.2, -0.15) is 10.5 Å². The lowest BCUT2D eigenvalue weighted by Crippen LogP contribution is -2.30. The minimum atomic E-state index is -0.808. The molecule has 0 spiro atoms. The van der Waals surface area contributed by atoms with Gasteiger partial charge in [-0.15, -0.1) is 11.8 Å². The van der Waals surface area contributed by atoms with E-state index in [-0.39, 0.29) is 16.8 Å². The molecule has 1 aromatic rings. The first-order valence-corrected chi connectivity index (χ1v) is 7.71. The lowest BCUT2D eigenvalue weighted by atomic mass is 10.1. The summed E-state index contributed by atoms with van der Waals surface area (Å²) in [5.41, 5.74) is 0.758. The molecular weight excluding hydrogens is 312 g/mol. The molecule has 1 heterocycles. The van der Waals surface area contributed by atoms with Crippen LogP contribution in [0.15, 0.2) is 57.2 Å². The average Bonchev–Trinajstić information content (AvgIpc) is 2.62. The van der Waals surface area contributed by atoms with Crippen LogP contribution in [0.2, 0.25) is 0 Å². The number of methoxy groups -OCH3 is 1. The van der Waals surface area contributed by atoms with Crippen LogP contribution in [0.1, 0.15) is 5.56 Å². The number of nitrogens with zero attached hydrogens (tertiary/aromatic N) is 3. The van der Waals surface area contributed by atoms with E-state index < -0.39 is 5.97 Å². The van der Waals surface area contributed by atoms with E-state index >= 15 is 0 Å². The molecule has 6 nitrogen and oxygen atoms in total. The zero-order chi connectivity index (χ0) is 16.8. The number of amidine groups is 1. The van der Waals surface area contributed by atoms with E-state index in [1.54, 1.807) is 12.3 Å². The minimum absolute atomic E-state index is 0.111. The van der Waals surface area contributed by atoms with Crippen molar-refractivity contribution in [2.45, 2.75) is 0 Å². The van der Waals surface area contributed by atoms with Crippen LogP contribution in [0.3, 0.4) is 0 Å². The summed E-state index contributed by atoms with van der Waals surface area (Å²) in [6.45, 7) is 0. The van der Waals surface area contributed by atoms with Crippen molar-refractivity contribution in [2.24, 2.45) is 4.99 Å². The molecule has 1 N–H and O–H groups in total. The van der Waals surface area contributed by atoms with Crippen LogP contribution < -0.4 is 5.32 Å². The molecule has 0 fully saturated rings. The molecule has 0 atom stereocenters. The van der Waals surface area contributed by atoms with Gasteiger partial charge in [-0.05, 0) is 6.26 Å². The van der Waals surface area contributed by atoms with Crippen molar-refractivity contribution in [1.82, 2.24) is 5.32 Å². The lowest BCUT2D eigenvalue weighted by molar-refractivity contribution is -0.135. The maximum absolute atomic E-state index is 11.8. The van der Waals surface area contributed by atoms with E-state index in [9.17, 15) is 15.3 Å². The van der Waals surface area contributed by atoms with Crippen molar-refractivity contribution in [3.63, 3.8) is 0 Å². The molecule has 114 valence electrons. The van der Waals surface area contributed by atoms with Crippen molar-refractivity contribution in [3.8, 4) is 12.1 Å². The lowest BCUT2D eigenvalue weighted by Gasteiger charge is -2.20. The number of carbonyl (C=O) groups excluding carboxylic acids is 1. The Labute approximate surface area is 137 Å². The molecule has 0 radical (unpaired) electrons. The first-order valence-electron chi connectivity index (χ1n) is 6.48. The number of nitrogens with one attached hydrogen (secondary N) is 1. The Hall–Kier alpha value is -3.03. The summed E-state index contributed by atoms with van der Waals surface area (Å²) >= 11 is 1.26. The molecular formula is C16H12N4O2S. The summed E-state index contributed by atoms with van der Waals surface area (Å²) in [5, 5.41) is 22.0. The predicted molar refractivity (Wildman–Crippen MR) is 86.9 cm³/mol. The van der Waals surface area contributed by atoms with E-state index in [0.717, 1.165) is 5.56 Å². The highest BCUT2D eigenvalue weighted by atomic mass is 32.2. The molecule has 0 aromatic heterocycles. The molecule has 0 aliphatic carbocycles. The second-order valence-corrected chi connectivity index (χ2v) is 5.10. The molecule has 23 heavy (non-hydrogen) atoms. The second kappa shape index (κ2) is 7.30. The highest BCUT2D eigenvalue weighted by Crippen LogP contribution is 2.29. The van der Waals surface area contributed by atoms with Gasteiger partial charge in [0, 0.05) is 5.56 Å². The molecule has 7 heteroatoms. The van der Waals surface area contributed by atoms with E-state index in [1.165, 1.54) is 18.9 Å². The second-order valence-electron chi connectivity index (χ2n) is 4.30. The number of ether oxygens (including phenoxy) is 1. The summed E-state index contributed by atoms with van der Waals surface area (Å²) in [6.07, 6.45) is 1.77. The van der Waals surface area contributed by atoms with Gasteiger partial charge in [0.05, 0.1) is 12.8 Å². The zero-order valence-corrected chi connectivity index (χ0v) is 13.3. The van der Waals surface area contributed by atoms with Crippen LogP contribution >= 0.6 is 11.8 Å². The SMILES string of the molecule is COC(=O)C(C#N)=C1NC(c2ccccc2)=NC(SC)=C1C#N. The minimum Gasteiger partial charge on any atom is -0.465 e. The third kappa shape index (κ3) is 3.25. The normalized spacial score (nSPS) is 15.7. The zero-order valence-electron chi connectivity index (χ0n) is 12.5. The van der Waals surface area contributed by atoms with Crippen molar-refractivity contribution in [2.75, 3.05) is 13.4 Å². The maximum atomic E-state index is 11.8. The van der Waals surface area contributed by atoms with Gasteiger partial charge >= 0.3 is 5.97 Å². The van der Waals surface area contributed by atoms with Gasteiger partial charge in [-0.3, -0.25) is 0 Å². The number of hydrogen-bond acceptors (Lipinski definition) is 7. The quantitative estimate of drug-likeness (QED) is 0.519. The Morgan fingerprint density at radius 2 is 2.00 bits per heavy atom. The highest BCUT2D eigenvalue weighted by Gasteiger charge is 2.26. The molecule has 0 unspecified atom stereocenters. The van der Waals surface area contributed by atoms with Gasteiger partial charge in [-0.1, -0.05) is 30.3 Å². The fourth-order valence-electron chi connectivity index (χ4n) is 1.95. The molecule has 2 rings (SSSR count). The summed E-state index contributed by atoms with van der Waals surface area (Å²) in [5.74, 6) is -0.349. The number of benzene rings is 1. The van der Waals surface area contributed by atoms with Gasteiger partial charge in [0.1, 0.15) is 28.6 Å². The molecule has 1 aromatic carbocycles. The Kier molecular flexibility index (Phi) is 5.19. The summed E-state index contributed by atoms with van der Waals surface area (Å²) < 4.78 is 4.62. The van der Waals surface area contributed by atoms with Crippen molar-refractivity contribution >= 4 is 23.6 Å². The van der Waals surface area contributed by atoms with E-state index in [4.69, 9.17) is 0 Å². The number of nitriles is 2. The van der Waals surface area contributed by atoms with Crippen molar-refractivity contribution < 1.29 is 9.53 Å². The average molecular weight is 324 g/mol. The third-order valence-corrected chi connectivity index (χ3v) is 3.71. The van der Waals surface area contributed by atoms with Crippen LogP contribution in [-0.2, 0) is 9.53 Å². The van der Waals surface area contributed by atoms with Gasteiger partial charge in [0.25, 0.3) is 0 Å². The number of rotatable bonds is 3. The summed E-state index contributed by atoms with van der Waals surface area (Å²) in [4.78, 5) is 16.2. The van der Waals surface area contributed by atoms with Crippen LogP contribution in [-0.4, -0.2) is 25.2 Å². The Morgan fingerprint density at radius 1 is 1.30 bits per heavy atom. The predicted octanol–water partition coefficient (Wildman–Crippen LogP) is 2.09. The van der Waals surface area contributed by atoms with Gasteiger partial charge in [0.2, 0.25) is 0 Å². The number of hydrogen-bond donors (Lipinski definition) is 1. The van der Waals surface area contributed by atoms with Crippen molar-refractivity contribution in [3.05, 3.63) is 57.8 Å². The van der Waals surface area contributed by atoms with Gasteiger partial charge in [-0.25, -0.2) is 9.79 Å². The summed E-state index contributed by atoms with van der Waals surface area (Å²) in [7, 11) is 1.18. The van der Waals surface area contributed by atoms with Crippen LogP contribution in [0.4, 0.5) is 0 Å². The third-order valence-electron chi connectivity index (χ3n) is 3.02. The molecule has 0 bridgehead atoms. The van der Waals surface area contributed by atoms with Gasteiger partial charge < -0.3 is 10.1 Å². The van der Waals surface area contributed by atoms with E-state index in [0.29, 0.717) is 10.9 Å². The number of esters is 1. The Morgan fingerprint density at radius 3 is 2.52 bits per heavy atom. The molecule has 0 saturated carbocycles. The maximum Gasteiger partial charge on any atom is 0.350 e. The first-order chi connectivity index (χ1) is 11.2. The number of thioether (sulfide) groups is 1. The highest BCUT2D eigenvalue weighted by molar-refractivity contribution is 8.02. The van der Waals surface area contributed by atoms with Crippen LogP contribution in [0.25, 0.3) is 0 Å². The topological polar surface area (TPSA) is 98.3 Å². The number of aliphatic imine (C=N–C) groups is 1. The molecule has 0 saturated heterocycles. The fraction of sp³-hybridized carbons (Fsp3) is 0.125. The Bertz CT molecular complexity index is 811. The Balaban J connectivity index is 2.67. The van der Waals surface area contributed by atoms with Crippen LogP contribution in [0, 0.1) is 22.7 Å². The van der Waals surface area contributed by atoms with Gasteiger partial charge in [0.15, 0.2) is 5.57 Å². The van der Waals surface area contributed by atoms with E-state index in [2.05, 4.69) is 15.0 Å². The first kappa shape index (κ1) is 16.3. The number of carbonyl (C=O) groups is 1. The molecule has 1 aliphatic rings. The largest absolute Gasteiger partial charge is 0.465 e. The summed E-state index contributed by atoms with van der Waals surface area (Å²) in [6, 6.07) is 13.0. The fourth-order valence-corrected chi connectivity index (χ4v) is 2.48. The smallest absolute Gasteiger partial charge is 0.350 e. The standard InChI is InChI=1S/C16H12N4O2S/c1-22-16(21)12(9-18)13-11(8-17)15(23-2)20-14(19-13)10-6-4-3-5-7-10/h3-7H,1-2H3,(H,19,20). The number of allylic oxidation sites excluding steroid dienone is 1. The molecule has 1 aliphatic heterocycles. The van der Waals surface area contributed by atoms with Crippen molar-refractivity contribution in [1.29, 1.82) is 10.5 Å². The van der Waals surface area contributed by atoms with Crippen LogP contribution in [0.5, 0.6) is 0 Å².